The first-order valence-electron chi connectivity index (χ1n) is 10.8. The van der Waals surface area contributed by atoms with Gasteiger partial charge in [-0.3, -0.25) is 0 Å². The van der Waals surface area contributed by atoms with Crippen LogP contribution in [0.2, 0.25) is 0 Å². The van der Waals surface area contributed by atoms with Crippen molar-refractivity contribution in [2.24, 2.45) is 0 Å². The molecule has 1 aliphatic rings. The Morgan fingerprint density at radius 1 is 0.536 bits per heavy atom. The highest BCUT2D eigenvalue weighted by molar-refractivity contribution is 5.20. The smallest absolute Gasteiger partial charge is 0.0335 e. The molecule has 3 rings (SSSR count). The maximum absolute atomic E-state index is 3.77. The summed E-state index contributed by atoms with van der Waals surface area (Å²) in [7, 11) is 0. The molecule has 0 spiro atoms. The average molecular weight is 381 g/mol. The Kier molecular flexibility index (Phi) is 8.49. The minimum Gasteiger partial charge on any atom is -0.313 e. The van der Waals surface area contributed by atoms with E-state index < -0.39 is 0 Å². The van der Waals surface area contributed by atoms with E-state index in [1.54, 1.807) is 0 Å². The molecule has 4 nitrogen and oxygen atoms in total. The molecule has 4 heteroatoms. The van der Waals surface area contributed by atoms with Gasteiger partial charge in [0, 0.05) is 50.3 Å². The zero-order chi connectivity index (χ0) is 19.6. The molecule has 4 N–H and O–H groups in total. The average Bonchev–Trinajstić information content (AvgIpc) is 2.73. The lowest BCUT2D eigenvalue weighted by Crippen LogP contribution is -2.42. The lowest BCUT2D eigenvalue weighted by Gasteiger charge is -2.27. The summed E-state index contributed by atoms with van der Waals surface area (Å²) < 4.78 is 0. The van der Waals surface area contributed by atoms with Crippen LogP contribution in [-0.2, 0) is 0 Å². The fraction of sp³-hybridized carbons (Fsp3) is 0.500. The van der Waals surface area contributed by atoms with Crippen LogP contribution in [0.15, 0.2) is 60.7 Å². The number of benzene rings is 2. The van der Waals surface area contributed by atoms with Crippen molar-refractivity contribution in [3.05, 3.63) is 71.8 Å². The molecule has 152 valence electrons. The van der Waals surface area contributed by atoms with E-state index >= 15 is 0 Å². The van der Waals surface area contributed by atoms with Crippen molar-refractivity contribution in [2.45, 2.75) is 50.9 Å². The van der Waals surface area contributed by atoms with Crippen LogP contribution in [-0.4, -0.2) is 38.3 Å². The van der Waals surface area contributed by atoms with Crippen molar-refractivity contribution in [2.75, 3.05) is 26.2 Å². The molecule has 1 heterocycles. The molecule has 4 atom stereocenters. The number of nitrogens with one attached hydrogen (secondary N) is 4. The maximum atomic E-state index is 3.77. The standard InChI is InChI=1S/C24H36N4/c1-19-17-23(21-9-5-3-6-10-21)27-16-14-26-20(2)18-24(28-15-13-25-19)22-11-7-4-8-12-22/h3-12,19-20,23-28H,13-18H2,1-2H3. The van der Waals surface area contributed by atoms with Crippen LogP contribution < -0.4 is 21.3 Å². The Bertz CT molecular complexity index is 601. The second kappa shape index (κ2) is 11.3. The van der Waals surface area contributed by atoms with Gasteiger partial charge in [0.25, 0.3) is 0 Å². The van der Waals surface area contributed by atoms with E-state index in [9.17, 15) is 0 Å². The van der Waals surface area contributed by atoms with Crippen molar-refractivity contribution < 1.29 is 0 Å². The van der Waals surface area contributed by atoms with Gasteiger partial charge in [-0.25, -0.2) is 0 Å². The van der Waals surface area contributed by atoms with E-state index in [1.165, 1.54) is 11.1 Å². The lowest BCUT2D eigenvalue weighted by molar-refractivity contribution is 0.371. The molecular weight excluding hydrogens is 344 g/mol. The van der Waals surface area contributed by atoms with E-state index in [2.05, 4.69) is 95.8 Å². The van der Waals surface area contributed by atoms with Crippen molar-refractivity contribution in [1.82, 2.24) is 21.3 Å². The first kappa shape index (κ1) is 21.0. The summed E-state index contributed by atoms with van der Waals surface area (Å²) in [6.45, 7) is 8.48. The van der Waals surface area contributed by atoms with Gasteiger partial charge >= 0.3 is 0 Å². The molecule has 2 aromatic rings. The summed E-state index contributed by atoms with van der Waals surface area (Å²) >= 11 is 0. The van der Waals surface area contributed by atoms with Gasteiger partial charge in [-0.1, -0.05) is 60.7 Å². The van der Waals surface area contributed by atoms with Crippen LogP contribution in [0.3, 0.4) is 0 Å². The molecule has 0 aliphatic carbocycles. The first-order chi connectivity index (χ1) is 13.7. The van der Waals surface area contributed by atoms with Crippen molar-refractivity contribution >= 4 is 0 Å². The van der Waals surface area contributed by atoms with Crippen LogP contribution in [0.5, 0.6) is 0 Å². The zero-order valence-corrected chi connectivity index (χ0v) is 17.3. The van der Waals surface area contributed by atoms with Gasteiger partial charge in [0.2, 0.25) is 0 Å². The quantitative estimate of drug-likeness (QED) is 0.645. The second-order valence-electron chi connectivity index (χ2n) is 8.02. The highest BCUT2D eigenvalue weighted by Gasteiger charge is 2.17. The minimum atomic E-state index is 0.383. The van der Waals surface area contributed by atoms with E-state index in [0.29, 0.717) is 24.2 Å². The summed E-state index contributed by atoms with van der Waals surface area (Å²) in [5.41, 5.74) is 2.75. The Morgan fingerprint density at radius 2 is 0.893 bits per heavy atom. The molecule has 0 bridgehead atoms. The summed E-state index contributed by atoms with van der Waals surface area (Å²) in [4.78, 5) is 0. The fourth-order valence-corrected chi connectivity index (χ4v) is 4.05. The van der Waals surface area contributed by atoms with Crippen molar-refractivity contribution in [1.29, 1.82) is 0 Å². The molecule has 4 unspecified atom stereocenters. The third kappa shape index (κ3) is 6.71. The summed E-state index contributed by atoms with van der Waals surface area (Å²) in [5, 5.41) is 14.9. The Balaban J connectivity index is 1.63. The van der Waals surface area contributed by atoms with Gasteiger partial charge in [0.15, 0.2) is 0 Å². The van der Waals surface area contributed by atoms with Gasteiger partial charge in [-0.15, -0.1) is 0 Å². The van der Waals surface area contributed by atoms with Gasteiger partial charge in [0.05, 0.1) is 0 Å². The third-order valence-electron chi connectivity index (χ3n) is 5.60. The zero-order valence-electron chi connectivity index (χ0n) is 17.3. The third-order valence-corrected chi connectivity index (χ3v) is 5.60. The Morgan fingerprint density at radius 3 is 1.29 bits per heavy atom. The normalized spacial score (nSPS) is 28.4. The largest absolute Gasteiger partial charge is 0.313 e. The van der Waals surface area contributed by atoms with Gasteiger partial charge in [-0.05, 0) is 37.8 Å². The molecule has 1 saturated heterocycles. The highest BCUT2D eigenvalue weighted by atomic mass is 15.0. The van der Waals surface area contributed by atoms with Gasteiger partial charge in [0.1, 0.15) is 0 Å². The van der Waals surface area contributed by atoms with Crippen molar-refractivity contribution in [3.8, 4) is 0 Å². The molecular formula is C24H36N4. The van der Waals surface area contributed by atoms with E-state index in [1.807, 2.05) is 0 Å². The van der Waals surface area contributed by atoms with Crippen LogP contribution >= 0.6 is 0 Å². The maximum Gasteiger partial charge on any atom is 0.0335 e. The second-order valence-corrected chi connectivity index (χ2v) is 8.02. The molecule has 0 aromatic heterocycles. The van der Waals surface area contributed by atoms with Gasteiger partial charge in [-0.2, -0.15) is 0 Å². The molecule has 2 aromatic carbocycles. The number of rotatable bonds is 2. The summed E-state index contributed by atoms with van der Waals surface area (Å²) in [6, 6.07) is 23.3. The summed E-state index contributed by atoms with van der Waals surface area (Å²) in [6.07, 6.45) is 2.17. The highest BCUT2D eigenvalue weighted by Crippen LogP contribution is 2.20. The lowest BCUT2D eigenvalue weighted by atomic mass is 9.99. The van der Waals surface area contributed by atoms with Crippen LogP contribution in [0, 0.1) is 0 Å². The fourth-order valence-electron chi connectivity index (χ4n) is 4.05. The van der Waals surface area contributed by atoms with Crippen LogP contribution in [0.4, 0.5) is 0 Å². The van der Waals surface area contributed by atoms with Crippen molar-refractivity contribution in [3.63, 3.8) is 0 Å². The Hall–Kier alpha value is -1.72. The molecule has 1 fully saturated rings. The predicted octanol–water partition coefficient (Wildman–Crippen LogP) is 3.40. The van der Waals surface area contributed by atoms with E-state index in [0.717, 1.165) is 39.0 Å². The monoisotopic (exact) mass is 380 g/mol. The molecule has 28 heavy (non-hydrogen) atoms. The predicted molar refractivity (Wildman–Crippen MR) is 119 cm³/mol. The molecule has 0 radical (unpaired) electrons. The van der Waals surface area contributed by atoms with Crippen LogP contribution in [0.25, 0.3) is 0 Å². The Labute approximate surface area is 170 Å². The van der Waals surface area contributed by atoms with E-state index in [-0.39, 0.29) is 0 Å². The molecule has 0 saturated carbocycles. The van der Waals surface area contributed by atoms with Crippen LogP contribution in [0.1, 0.15) is 49.9 Å². The number of hydrogen-bond acceptors (Lipinski definition) is 4. The minimum absolute atomic E-state index is 0.383. The summed E-state index contributed by atoms with van der Waals surface area (Å²) in [5.74, 6) is 0. The topological polar surface area (TPSA) is 48.1 Å². The van der Waals surface area contributed by atoms with Gasteiger partial charge < -0.3 is 21.3 Å². The molecule has 1 aliphatic heterocycles. The van der Waals surface area contributed by atoms with E-state index in [4.69, 9.17) is 0 Å². The molecule has 0 amide bonds. The first-order valence-corrected chi connectivity index (χ1v) is 10.8. The number of hydrogen-bond donors (Lipinski definition) is 4. The SMILES string of the molecule is CC1CC(c2ccccc2)NCCNC(C)CC(c2ccccc2)NCCN1.